The van der Waals surface area contributed by atoms with Gasteiger partial charge in [0.05, 0.1) is 28.3 Å². The Bertz CT molecular complexity index is 1380. The molecular weight excluding hydrogens is 401 g/mol. The molecule has 0 saturated heterocycles. The summed E-state index contributed by atoms with van der Waals surface area (Å²) >= 11 is 0. The van der Waals surface area contributed by atoms with Crippen LogP contribution in [-0.2, 0) is 18.4 Å². The van der Waals surface area contributed by atoms with Crippen LogP contribution in [0.2, 0.25) is 0 Å². The number of hydrogen-bond donors (Lipinski definition) is 2. The molecular formula is C20H15F3N4O3. The number of benzene rings is 2. The van der Waals surface area contributed by atoms with Crippen molar-refractivity contribution < 1.29 is 23.1 Å². The summed E-state index contributed by atoms with van der Waals surface area (Å²) < 4.78 is 43.4. The SMILES string of the molecule is Cn1ncc2c(=O)n(CCC(=O)Nc3ccc(F)cc3F)c3cc(F)c(O)cc3c21. The molecule has 0 atom stereocenters. The number of fused-ring (bicyclic) bond motifs is 3. The molecule has 0 spiro atoms. The highest BCUT2D eigenvalue weighted by molar-refractivity contribution is 6.04. The molecule has 0 aliphatic heterocycles. The van der Waals surface area contributed by atoms with Crippen molar-refractivity contribution in [1.29, 1.82) is 0 Å². The van der Waals surface area contributed by atoms with Gasteiger partial charge in [0.15, 0.2) is 11.6 Å². The van der Waals surface area contributed by atoms with Crippen LogP contribution in [0, 0.1) is 17.5 Å². The molecule has 0 bridgehead atoms. The Balaban J connectivity index is 1.71. The van der Waals surface area contributed by atoms with Crippen LogP contribution in [0.25, 0.3) is 21.8 Å². The van der Waals surface area contributed by atoms with E-state index in [1.807, 2.05) is 0 Å². The van der Waals surface area contributed by atoms with E-state index in [4.69, 9.17) is 0 Å². The highest BCUT2D eigenvalue weighted by atomic mass is 19.1. The minimum atomic E-state index is -0.930. The predicted molar refractivity (Wildman–Crippen MR) is 104 cm³/mol. The maximum Gasteiger partial charge on any atom is 0.262 e. The van der Waals surface area contributed by atoms with Crippen LogP contribution in [0.15, 0.2) is 41.3 Å². The van der Waals surface area contributed by atoms with Gasteiger partial charge in [-0.25, -0.2) is 13.2 Å². The van der Waals surface area contributed by atoms with E-state index in [-0.39, 0.29) is 29.6 Å². The molecule has 2 heterocycles. The van der Waals surface area contributed by atoms with Gasteiger partial charge >= 0.3 is 0 Å². The molecule has 4 aromatic rings. The van der Waals surface area contributed by atoms with E-state index < -0.39 is 34.7 Å². The first-order valence-electron chi connectivity index (χ1n) is 8.88. The smallest absolute Gasteiger partial charge is 0.262 e. The lowest BCUT2D eigenvalue weighted by Crippen LogP contribution is -2.24. The molecule has 4 rings (SSSR count). The number of phenolic OH excluding ortho intramolecular Hbond substituents is 1. The normalized spacial score (nSPS) is 11.3. The quantitative estimate of drug-likeness (QED) is 0.535. The molecule has 2 aromatic heterocycles. The van der Waals surface area contributed by atoms with E-state index in [1.165, 1.54) is 21.5 Å². The summed E-state index contributed by atoms with van der Waals surface area (Å²) in [5, 5.41) is 16.7. The van der Waals surface area contributed by atoms with Crippen LogP contribution in [0.1, 0.15) is 6.42 Å². The molecule has 0 radical (unpaired) electrons. The first kappa shape index (κ1) is 19.5. The number of aryl methyl sites for hydroxylation is 2. The third kappa shape index (κ3) is 3.25. The second kappa shape index (κ2) is 7.21. The van der Waals surface area contributed by atoms with Gasteiger partial charge in [0.25, 0.3) is 5.56 Å². The van der Waals surface area contributed by atoms with Gasteiger partial charge in [-0.05, 0) is 18.2 Å². The minimum Gasteiger partial charge on any atom is -0.505 e. The highest BCUT2D eigenvalue weighted by Crippen LogP contribution is 2.28. The van der Waals surface area contributed by atoms with Crippen LogP contribution in [0.5, 0.6) is 5.75 Å². The van der Waals surface area contributed by atoms with E-state index >= 15 is 0 Å². The lowest BCUT2D eigenvalue weighted by Gasteiger charge is -2.13. The van der Waals surface area contributed by atoms with Gasteiger partial charge in [-0.2, -0.15) is 5.10 Å². The molecule has 0 aliphatic rings. The number of nitrogens with zero attached hydrogens (tertiary/aromatic N) is 3. The summed E-state index contributed by atoms with van der Waals surface area (Å²) in [5.74, 6) is -3.83. The topological polar surface area (TPSA) is 89.2 Å². The van der Waals surface area contributed by atoms with Crippen molar-refractivity contribution in [2.75, 3.05) is 5.32 Å². The van der Waals surface area contributed by atoms with Crippen LogP contribution in [0.4, 0.5) is 18.9 Å². The molecule has 0 aliphatic carbocycles. The fraction of sp³-hybridized carbons (Fsp3) is 0.150. The van der Waals surface area contributed by atoms with E-state index in [9.17, 15) is 27.9 Å². The number of carbonyl (C=O) groups excluding carboxylic acids is 1. The van der Waals surface area contributed by atoms with Crippen molar-refractivity contribution in [3.8, 4) is 5.75 Å². The van der Waals surface area contributed by atoms with Crippen molar-refractivity contribution >= 4 is 33.4 Å². The van der Waals surface area contributed by atoms with Crippen LogP contribution in [-0.4, -0.2) is 25.4 Å². The number of pyridine rings is 1. The average molecular weight is 416 g/mol. The number of anilines is 1. The third-order valence-corrected chi connectivity index (χ3v) is 4.79. The van der Waals surface area contributed by atoms with Gasteiger partial charge in [0.1, 0.15) is 11.6 Å². The fourth-order valence-electron chi connectivity index (χ4n) is 3.37. The Hall–Kier alpha value is -3.82. The Labute approximate surface area is 167 Å². The number of amides is 1. The average Bonchev–Trinajstić information content (AvgIpc) is 3.08. The van der Waals surface area contributed by atoms with Gasteiger partial charge in [0.2, 0.25) is 5.91 Å². The minimum absolute atomic E-state index is 0.140. The van der Waals surface area contributed by atoms with Crippen LogP contribution < -0.4 is 10.9 Å². The number of hydrogen-bond acceptors (Lipinski definition) is 4. The molecule has 0 fully saturated rings. The van der Waals surface area contributed by atoms with E-state index in [0.29, 0.717) is 17.0 Å². The van der Waals surface area contributed by atoms with Crippen LogP contribution >= 0.6 is 0 Å². The van der Waals surface area contributed by atoms with Gasteiger partial charge in [-0.15, -0.1) is 0 Å². The Morgan fingerprint density at radius 1 is 1.13 bits per heavy atom. The van der Waals surface area contributed by atoms with Gasteiger partial charge in [-0.3, -0.25) is 14.3 Å². The number of aromatic hydroxyl groups is 1. The molecule has 0 unspecified atom stereocenters. The molecule has 30 heavy (non-hydrogen) atoms. The van der Waals surface area contributed by atoms with E-state index in [1.54, 1.807) is 7.05 Å². The Morgan fingerprint density at radius 3 is 2.63 bits per heavy atom. The highest BCUT2D eigenvalue weighted by Gasteiger charge is 2.18. The number of nitrogens with one attached hydrogen (secondary N) is 1. The molecule has 2 aromatic carbocycles. The third-order valence-electron chi connectivity index (χ3n) is 4.79. The van der Waals surface area contributed by atoms with Gasteiger partial charge < -0.3 is 15.0 Å². The summed E-state index contributed by atoms with van der Waals surface area (Å²) in [4.78, 5) is 25.1. The van der Waals surface area contributed by atoms with Crippen molar-refractivity contribution in [2.45, 2.75) is 13.0 Å². The summed E-state index contributed by atoms with van der Waals surface area (Å²) in [6, 6.07) is 4.93. The zero-order valence-corrected chi connectivity index (χ0v) is 15.6. The monoisotopic (exact) mass is 416 g/mol. The lowest BCUT2D eigenvalue weighted by molar-refractivity contribution is -0.116. The Morgan fingerprint density at radius 2 is 1.90 bits per heavy atom. The van der Waals surface area contributed by atoms with Crippen molar-refractivity contribution in [2.24, 2.45) is 7.05 Å². The zero-order valence-electron chi connectivity index (χ0n) is 15.6. The molecule has 154 valence electrons. The largest absolute Gasteiger partial charge is 0.505 e. The lowest BCUT2D eigenvalue weighted by atomic mass is 10.1. The number of phenols is 1. The molecule has 0 saturated carbocycles. The first-order chi connectivity index (χ1) is 14.3. The summed E-state index contributed by atoms with van der Waals surface area (Å²) in [7, 11) is 1.61. The second-order valence-corrected chi connectivity index (χ2v) is 6.73. The zero-order chi connectivity index (χ0) is 21.6. The summed E-state index contributed by atoms with van der Waals surface area (Å²) in [5.41, 5.74) is -0.0970. The summed E-state index contributed by atoms with van der Waals surface area (Å²) in [6.45, 7) is -0.140. The number of aromatic nitrogens is 3. The molecule has 1 amide bonds. The maximum absolute atomic E-state index is 14.0. The number of halogens is 3. The molecule has 7 nitrogen and oxygen atoms in total. The predicted octanol–water partition coefficient (Wildman–Crippen LogP) is 3.04. The van der Waals surface area contributed by atoms with E-state index in [2.05, 4.69) is 10.4 Å². The first-order valence-corrected chi connectivity index (χ1v) is 8.88. The van der Waals surface area contributed by atoms with Crippen LogP contribution in [0.3, 0.4) is 0 Å². The number of rotatable bonds is 4. The van der Waals surface area contributed by atoms with Crippen molar-refractivity contribution in [1.82, 2.24) is 14.3 Å². The summed E-state index contributed by atoms with van der Waals surface area (Å²) in [6.07, 6.45) is 1.11. The Kier molecular flexibility index (Phi) is 4.69. The van der Waals surface area contributed by atoms with Crippen molar-refractivity contribution in [3.63, 3.8) is 0 Å². The van der Waals surface area contributed by atoms with Gasteiger partial charge in [-0.1, -0.05) is 0 Å². The van der Waals surface area contributed by atoms with E-state index in [0.717, 1.165) is 18.2 Å². The maximum atomic E-state index is 14.0. The fourth-order valence-corrected chi connectivity index (χ4v) is 3.37. The van der Waals surface area contributed by atoms with Gasteiger partial charge in [0, 0.05) is 37.5 Å². The standard InChI is InChI=1S/C20H15F3N4O3/c1-26-19-11-7-17(28)14(23)8-16(11)27(20(30)12(19)9-24-26)5-4-18(29)25-15-3-2-10(21)6-13(15)22/h2-3,6-9,28H,4-5H2,1H3,(H,25,29). The van der Waals surface area contributed by atoms with Crippen molar-refractivity contribution in [3.05, 3.63) is 64.3 Å². The molecule has 10 heteroatoms. The molecule has 2 N–H and O–H groups in total. The number of carbonyl (C=O) groups is 1. The second-order valence-electron chi connectivity index (χ2n) is 6.73.